The number of nitrogens with one attached hydrogen (secondary N) is 2. The maximum absolute atomic E-state index is 12.2. The number of carbonyl (C=O) groups is 1. The van der Waals surface area contributed by atoms with Crippen LogP contribution in [-0.4, -0.2) is 32.9 Å². The third-order valence-electron chi connectivity index (χ3n) is 4.04. The summed E-state index contributed by atoms with van der Waals surface area (Å²) >= 11 is 7.47. The molecule has 0 saturated heterocycles. The van der Waals surface area contributed by atoms with Gasteiger partial charge in [0.05, 0.1) is 10.8 Å². The first-order valence-electron chi connectivity index (χ1n) is 8.75. The fourth-order valence-corrected chi connectivity index (χ4v) is 3.47. The first kappa shape index (κ1) is 19.5. The number of carbonyl (C=O) groups excluding carboxylic acids is 1. The summed E-state index contributed by atoms with van der Waals surface area (Å²) in [7, 11) is 0. The minimum absolute atomic E-state index is 0.0235. The topological polar surface area (TPSA) is 70.7 Å². The minimum Gasteiger partial charge on any atom is -0.353 e. The van der Waals surface area contributed by atoms with Crippen LogP contribution in [0.3, 0.4) is 0 Å². The molecule has 3 aromatic rings. The zero-order chi connectivity index (χ0) is 19.1. The summed E-state index contributed by atoms with van der Waals surface area (Å²) in [5.41, 5.74) is 2.07. The molecule has 1 aromatic heterocycles. The highest BCUT2D eigenvalue weighted by Gasteiger charge is 2.12. The molecular formula is C20H21ClN4OS. The molecule has 0 saturated carbocycles. The molecule has 1 heterocycles. The van der Waals surface area contributed by atoms with Crippen molar-refractivity contribution < 1.29 is 4.79 Å². The normalized spacial score (nSPS) is 11.9. The van der Waals surface area contributed by atoms with Crippen LogP contribution in [0, 0.1) is 0 Å². The van der Waals surface area contributed by atoms with Crippen LogP contribution in [0.1, 0.15) is 18.9 Å². The molecule has 0 aliphatic rings. The Kier molecular flexibility index (Phi) is 6.90. The van der Waals surface area contributed by atoms with Crippen LogP contribution in [0.5, 0.6) is 0 Å². The van der Waals surface area contributed by atoms with Crippen molar-refractivity contribution in [1.82, 2.24) is 20.5 Å². The Morgan fingerprint density at radius 3 is 2.70 bits per heavy atom. The smallest absolute Gasteiger partial charge is 0.230 e. The van der Waals surface area contributed by atoms with Gasteiger partial charge in [0.1, 0.15) is 0 Å². The average Bonchev–Trinajstić information content (AvgIpc) is 3.15. The SMILES string of the molecule is CC(CCc1ccccc1)NC(=O)CSc1n[nH]c(-c2ccccc2Cl)n1. The van der Waals surface area contributed by atoms with Gasteiger partial charge in [-0.15, -0.1) is 5.10 Å². The summed E-state index contributed by atoms with van der Waals surface area (Å²) in [6.45, 7) is 2.02. The summed E-state index contributed by atoms with van der Waals surface area (Å²) < 4.78 is 0. The molecule has 0 fully saturated rings. The van der Waals surface area contributed by atoms with Gasteiger partial charge in [-0.3, -0.25) is 9.89 Å². The van der Waals surface area contributed by atoms with E-state index in [1.165, 1.54) is 17.3 Å². The lowest BCUT2D eigenvalue weighted by atomic mass is 10.1. The van der Waals surface area contributed by atoms with Gasteiger partial charge in [-0.1, -0.05) is 65.8 Å². The monoisotopic (exact) mass is 400 g/mol. The second kappa shape index (κ2) is 9.58. The van der Waals surface area contributed by atoms with E-state index >= 15 is 0 Å². The molecule has 1 amide bonds. The van der Waals surface area contributed by atoms with E-state index in [1.54, 1.807) is 6.07 Å². The first-order valence-corrected chi connectivity index (χ1v) is 10.1. The largest absolute Gasteiger partial charge is 0.353 e. The second-order valence-electron chi connectivity index (χ2n) is 6.23. The van der Waals surface area contributed by atoms with Crippen LogP contribution in [0.2, 0.25) is 5.02 Å². The molecule has 27 heavy (non-hydrogen) atoms. The standard InChI is InChI=1S/C20H21ClN4OS/c1-14(11-12-15-7-3-2-4-8-15)22-18(26)13-27-20-23-19(24-25-20)16-9-5-6-10-17(16)21/h2-10,14H,11-13H2,1H3,(H,22,26)(H,23,24,25). The lowest BCUT2D eigenvalue weighted by Gasteiger charge is -2.13. The zero-order valence-electron chi connectivity index (χ0n) is 15.0. The Morgan fingerprint density at radius 1 is 1.19 bits per heavy atom. The van der Waals surface area contributed by atoms with Crippen LogP contribution in [0.15, 0.2) is 59.8 Å². The molecule has 1 unspecified atom stereocenters. The number of rotatable bonds is 8. The van der Waals surface area contributed by atoms with E-state index in [4.69, 9.17) is 11.6 Å². The molecular weight excluding hydrogens is 380 g/mol. The Bertz CT molecular complexity index is 884. The van der Waals surface area contributed by atoms with E-state index in [0.717, 1.165) is 18.4 Å². The Morgan fingerprint density at radius 2 is 1.93 bits per heavy atom. The van der Waals surface area contributed by atoms with Crippen molar-refractivity contribution in [2.45, 2.75) is 31.0 Å². The fourth-order valence-electron chi connectivity index (χ4n) is 2.63. The maximum atomic E-state index is 12.2. The van der Waals surface area contributed by atoms with Gasteiger partial charge in [0.15, 0.2) is 5.82 Å². The number of aryl methyl sites for hydroxylation is 1. The van der Waals surface area contributed by atoms with Gasteiger partial charge in [0.2, 0.25) is 11.1 Å². The summed E-state index contributed by atoms with van der Waals surface area (Å²) in [6.07, 6.45) is 1.84. The van der Waals surface area contributed by atoms with E-state index in [2.05, 4.69) is 32.6 Å². The number of aromatic nitrogens is 3. The number of hydrogen-bond donors (Lipinski definition) is 2. The summed E-state index contributed by atoms with van der Waals surface area (Å²) in [5, 5.41) is 11.2. The van der Waals surface area contributed by atoms with Crippen molar-refractivity contribution in [2.24, 2.45) is 0 Å². The molecule has 0 bridgehead atoms. The summed E-state index contributed by atoms with van der Waals surface area (Å²) in [6, 6.07) is 17.8. The van der Waals surface area contributed by atoms with Crippen LogP contribution < -0.4 is 5.32 Å². The van der Waals surface area contributed by atoms with Crippen molar-refractivity contribution in [3.05, 3.63) is 65.2 Å². The highest BCUT2D eigenvalue weighted by Crippen LogP contribution is 2.25. The number of nitrogens with zero attached hydrogens (tertiary/aromatic N) is 2. The average molecular weight is 401 g/mol. The molecule has 3 rings (SSSR count). The van der Waals surface area contributed by atoms with Gasteiger partial charge < -0.3 is 5.32 Å². The lowest BCUT2D eigenvalue weighted by molar-refractivity contribution is -0.119. The van der Waals surface area contributed by atoms with Crippen LogP contribution in [0.25, 0.3) is 11.4 Å². The van der Waals surface area contributed by atoms with Gasteiger partial charge in [-0.25, -0.2) is 4.98 Å². The van der Waals surface area contributed by atoms with Gasteiger partial charge in [0, 0.05) is 11.6 Å². The first-order chi connectivity index (χ1) is 13.1. The zero-order valence-corrected chi connectivity index (χ0v) is 16.6. The van der Waals surface area contributed by atoms with E-state index in [-0.39, 0.29) is 17.7 Å². The minimum atomic E-state index is -0.0235. The fraction of sp³-hybridized carbons (Fsp3) is 0.250. The number of H-pyrrole nitrogens is 1. The molecule has 140 valence electrons. The second-order valence-corrected chi connectivity index (χ2v) is 7.58. The molecule has 0 aliphatic carbocycles. The molecule has 7 heteroatoms. The van der Waals surface area contributed by atoms with Crippen LogP contribution >= 0.6 is 23.4 Å². The Balaban J connectivity index is 1.45. The number of thioether (sulfide) groups is 1. The number of aromatic amines is 1. The number of hydrogen-bond acceptors (Lipinski definition) is 4. The molecule has 1 atom stereocenters. The quantitative estimate of drug-likeness (QED) is 0.551. The van der Waals surface area contributed by atoms with E-state index in [0.29, 0.717) is 16.0 Å². The number of halogens is 1. The van der Waals surface area contributed by atoms with Crippen molar-refractivity contribution in [1.29, 1.82) is 0 Å². The summed E-state index contributed by atoms with van der Waals surface area (Å²) in [5.74, 6) is 0.847. The van der Waals surface area contributed by atoms with Gasteiger partial charge in [0.25, 0.3) is 0 Å². The molecule has 0 spiro atoms. The highest BCUT2D eigenvalue weighted by molar-refractivity contribution is 7.99. The third kappa shape index (κ3) is 5.84. The Hall–Kier alpha value is -2.31. The predicted octanol–water partition coefficient (Wildman–Crippen LogP) is 4.35. The van der Waals surface area contributed by atoms with Crippen molar-refractivity contribution in [3.63, 3.8) is 0 Å². The van der Waals surface area contributed by atoms with Crippen LogP contribution in [-0.2, 0) is 11.2 Å². The molecule has 0 radical (unpaired) electrons. The van der Waals surface area contributed by atoms with Crippen LogP contribution in [0.4, 0.5) is 0 Å². The van der Waals surface area contributed by atoms with E-state index < -0.39 is 0 Å². The molecule has 2 N–H and O–H groups in total. The van der Waals surface area contributed by atoms with Gasteiger partial charge >= 0.3 is 0 Å². The van der Waals surface area contributed by atoms with E-state index in [1.807, 2.05) is 43.3 Å². The highest BCUT2D eigenvalue weighted by atomic mass is 35.5. The number of amides is 1. The number of benzene rings is 2. The van der Waals surface area contributed by atoms with Crippen molar-refractivity contribution >= 4 is 29.3 Å². The van der Waals surface area contributed by atoms with E-state index in [9.17, 15) is 4.79 Å². The van der Waals surface area contributed by atoms with Gasteiger partial charge in [-0.05, 0) is 37.5 Å². The predicted molar refractivity (Wildman–Crippen MR) is 110 cm³/mol. The maximum Gasteiger partial charge on any atom is 0.230 e. The molecule has 2 aromatic carbocycles. The molecule has 5 nitrogen and oxygen atoms in total. The Labute approximate surface area is 167 Å². The molecule has 0 aliphatic heterocycles. The van der Waals surface area contributed by atoms with Crippen molar-refractivity contribution in [2.75, 3.05) is 5.75 Å². The third-order valence-corrected chi connectivity index (χ3v) is 5.22. The van der Waals surface area contributed by atoms with Crippen molar-refractivity contribution in [3.8, 4) is 11.4 Å². The summed E-state index contributed by atoms with van der Waals surface area (Å²) in [4.78, 5) is 16.6. The van der Waals surface area contributed by atoms with Gasteiger partial charge in [-0.2, -0.15) is 0 Å². The lowest BCUT2D eigenvalue weighted by Crippen LogP contribution is -2.34.